The van der Waals surface area contributed by atoms with Crippen molar-refractivity contribution < 1.29 is 14.3 Å². The monoisotopic (exact) mass is 369 g/mol. The molecule has 1 aromatic heterocycles. The van der Waals surface area contributed by atoms with Crippen molar-refractivity contribution in [3.63, 3.8) is 0 Å². The summed E-state index contributed by atoms with van der Waals surface area (Å²) < 4.78 is 5.30. The third-order valence-corrected chi connectivity index (χ3v) is 4.12. The van der Waals surface area contributed by atoms with Gasteiger partial charge in [0.05, 0.1) is 12.8 Å². The van der Waals surface area contributed by atoms with Crippen molar-refractivity contribution in [1.29, 1.82) is 0 Å². The highest BCUT2D eigenvalue weighted by Crippen LogP contribution is 2.25. The van der Waals surface area contributed by atoms with Crippen LogP contribution in [0, 0.1) is 6.92 Å². The fraction of sp³-hybridized carbons (Fsp3) is 0.381. The molecule has 0 fully saturated rings. The third-order valence-electron chi connectivity index (χ3n) is 4.12. The molecule has 0 saturated carbocycles. The van der Waals surface area contributed by atoms with Crippen LogP contribution in [0.2, 0.25) is 0 Å². The number of rotatable bonds is 8. The summed E-state index contributed by atoms with van der Waals surface area (Å²) in [5.74, 6) is 0.116. The Morgan fingerprint density at radius 1 is 1.11 bits per heavy atom. The van der Waals surface area contributed by atoms with Crippen molar-refractivity contribution in [2.75, 3.05) is 25.5 Å². The largest absolute Gasteiger partial charge is 0.495 e. The number of pyridine rings is 1. The summed E-state index contributed by atoms with van der Waals surface area (Å²) >= 11 is 0. The van der Waals surface area contributed by atoms with Crippen LogP contribution >= 0.6 is 0 Å². The van der Waals surface area contributed by atoms with Crippen molar-refractivity contribution in [3.05, 3.63) is 53.3 Å². The van der Waals surface area contributed by atoms with Crippen LogP contribution in [0.15, 0.2) is 36.5 Å². The lowest BCUT2D eigenvalue weighted by molar-refractivity contribution is 0.0749. The summed E-state index contributed by atoms with van der Waals surface area (Å²) in [5, 5.41) is 2.85. The number of aromatic nitrogens is 1. The van der Waals surface area contributed by atoms with Crippen LogP contribution < -0.4 is 10.1 Å². The Morgan fingerprint density at radius 3 is 2.44 bits per heavy atom. The molecule has 0 aliphatic carbocycles. The number of nitrogens with one attached hydrogen (secondary N) is 1. The van der Waals surface area contributed by atoms with Crippen LogP contribution in [0.25, 0.3) is 0 Å². The minimum atomic E-state index is -0.312. The van der Waals surface area contributed by atoms with E-state index in [9.17, 15) is 9.59 Å². The van der Waals surface area contributed by atoms with Crippen molar-refractivity contribution >= 4 is 17.5 Å². The first-order valence-electron chi connectivity index (χ1n) is 9.21. The molecule has 6 nitrogen and oxygen atoms in total. The number of nitrogens with zero attached hydrogens (tertiary/aromatic N) is 2. The summed E-state index contributed by atoms with van der Waals surface area (Å²) in [6.07, 6.45) is 3.24. The predicted molar refractivity (Wildman–Crippen MR) is 106 cm³/mol. The van der Waals surface area contributed by atoms with E-state index in [1.165, 1.54) is 12.3 Å². The molecule has 27 heavy (non-hydrogen) atoms. The van der Waals surface area contributed by atoms with Crippen LogP contribution in [0.5, 0.6) is 5.75 Å². The lowest BCUT2D eigenvalue weighted by Crippen LogP contribution is -2.33. The third kappa shape index (κ3) is 5.29. The quantitative estimate of drug-likeness (QED) is 0.766. The first-order valence-corrected chi connectivity index (χ1v) is 9.21. The molecule has 0 spiro atoms. The molecule has 2 amide bonds. The van der Waals surface area contributed by atoms with Gasteiger partial charge in [-0.25, -0.2) is 0 Å². The molecule has 0 unspecified atom stereocenters. The van der Waals surface area contributed by atoms with E-state index < -0.39 is 0 Å². The maximum atomic E-state index is 12.7. The molecule has 0 atom stereocenters. The summed E-state index contributed by atoms with van der Waals surface area (Å²) in [7, 11) is 1.56. The molecular formula is C21H27N3O3. The van der Waals surface area contributed by atoms with Crippen molar-refractivity contribution in [2.24, 2.45) is 0 Å². The lowest BCUT2D eigenvalue weighted by Gasteiger charge is -2.21. The molecule has 1 heterocycles. The minimum absolute atomic E-state index is 0.151. The van der Waals surface area contributed by atoms with Gasteiger partial charge in [-0.2, -0.15) is 0 Å². The fourth-order valence-electron chi connectivity index (χ4n) is 2.82. The standard InChI is InChI=1S/C21H27N3O3/c1-5-11-24(12-6-2)21(26)18-14-16(9-10-22-18)20(25)23-17-13-15(3)7-8-19(17)27-4/h7-10,13-14H,5-6,11-12H2,1-4H3,(H,23,25). The number of aryl methyl sites for hydroxylation is 1. The lowest BCUT2D eigenvalue weighted by atomic mass is 10.1. The predicted octanol–water partition coefficient (Wildman–Crippen LogP) is 3.91. The van der Waals surface area contributed by atoms with Gasteiger partial charge < -0.3 is 15.0 Å². The van der Waals surface area contributed by atoms with Gasteiger partial charge in [0.1, 0.15) is 11.4 Å². The topological polar surface area (TPSA) is 71.5 Å². The number of carbonyl (C=O) groups excluding carboxylic acids is 2. The number of carbonyl (C=O) groups is 2. The Kier molecular flexibility index (Phi) is 7.34. The highest BCUT2D eigenvalue weighted by Gasteiger charge is 2.18. The molecule has 2 aromatic rings. The Labute approximate surface area is 160 Å². The molecule has 1 N–H and O–H groups in total. The number of methoxy groups -OCH3 is 1. The Balaban J connectivity index is 2.22. The van der Waals surface area contributed by atoms with Gasteiger partial charge in [-0.15, -0.1) is 0 Å². The summed E-state index contributed by atoms with van der Waals surface area (Å²) in [5.41, 5.74) is 2.25. The average molecular weight is 369 g/mol. The number of anilines is 1. The number of hydrogen-bond donors (Lipinski definition) is 1. The van der Waals surface area contributed by atoms with Crippen LogP contribution in [0.3, 0.4) is 0 Å². The Bertz CT molecular complexity index is 799. The molecule has 0 radical (unpaired) electrons. The zero-order valence-electron chi connectivity index (χ0n) is 16.4. The smallest absolute Gasteiger partial charge is 0.272 e. The Morgan fingerprint density at radius 2 is 1.81 bits per heavy atom. The van der Waals surface area contributed by atoms with Crippen molar-refractivity contribution in [3.8, 4) is 5.75 Å². The summed E-state index contributed by atoms with van der Waals surface area (Å²) in [4.78, 5) is 31.3. The van der Waals surface area contributed by atoms with E-state index in [0.29, 0.717) is 30.1 Å². The van der Waals surface area contributed by atoms with Gasteiger partial charge in [0.2, 0.25) is 0 Å². The van der Waals surface area contributed by atoms with Gasteiger partial charge >= 0.3 is 0 Å². The molecule has 0 aliphatic rings. The van der Waals surface area contributed by atoms with E-state index in [1.807, 2.05) is 32.9 Å². The van der Waals surface area contributed by atoms with Gasteiger partial charge in [0, 0.05) is 24.8 Å². The van der Waals surface area contributed by atoms with Gasteiger partial charge in [0.25, 0.3) is 11.8 Å². The maximum absolute atomic E-state index is 12.7. The molecular weight excluding hydrogens is 342 g/mol. The number of ether oxygens (including phenoxy) is 1. The highest BCUT2D eigenvalue weighted by molar-refractivity contribution is 6.06. The van der Waals surface area contributed by atoms with E-state index in [2.05, 4.69) is 10.3 Å². The van der Waals surface area contributed by atoms with Crippen molar-refractivity contribution in [1.82, 2.24) is 9.88 Å². The summed E-state index contributed by atoms with van der Waals surface area (Å²) in [6.45, 7) is 7.34. The van der Waals surface area contributed by atoms with Gasteiger partial charge in [0.15, 0.2) is 0 Å². The second-order valence-corrected chi connectivity index (χ2v) is 6.38. The van der Waals surface area contributed by atoms with Gasteiger partial charge in [-0.3, -0.25) is 14.6 Å². The van der Waals surface area contributed by atoms with E-state index in [4.69, 9.17) is 4.74 Å². The molecule has 144 valence electrons. The maximum Gasteiger partial charge on any atom is 0.272 e. The fourth-order valence-corrected chi connectivity index (χ4v) is 2.82. The Hall–Kier alpha value is -2.89. The van der Waals surface area contributed by atoms with E-state index in [-0.39, 0.29) is 17.5 Å². The molecule has 6 heteroatoms. The molecule has 0 bridgehead atoms. The van der Waals surface area contributed by atoms with E-state index in [1.54, 1.807) is 24.1 Å². The van der Waals surface area contributed by atoms with Crippen LogP contribution in [-0.4, -0.2) is 41.9 Å². The zero-order chi connectivity index (χ0) is 19.8. The summed E-state index contributed by atoms with van der Waals surface area (Å²) in [6, 6.07) is 8.69. The van der Waals surface area contributed by atoms with E-state index in [0.717, 1.165) is 18.4 Å². The zero-order valence-corrected chi connectivity index (χ0v) is 16.4. The highest BCUT2D eigenvalue weighted by atomic mass is 16.5. The van der Waals surface area contributed by atoms with E-state index >= 15 is 0 Å². The molecule has 1 aromatic carbocycles. The molecule has 2 rings (SSSR count). The second kappa shape index (κ2) is 9.71. The number of amides is 2. The van der Waals surface area contributed by atoms with Crippen molar-refractivity contribution in [2.45, 2.75) is 33.6 Å². The molecule has 0 aliphatic heterocycles. The SMILES string of the molecule is CCCN(CCC)C(=O)c1cc(C(=O)Nc2cc(C)ccc2OC)ccn1. The minimum Gasteiger partial charge on any atom is -0.495 e. The van der Waals surface area contributed by atoms with Crippen LogP contribution in [0.1, 0.15) is 53.1 Å². The number of hydrogen-bond acceptors (Lipinski definition) is 4. The van der Waals surface area contributed by atoms with Crippen LogP contribution in [0.4, 0.5) is 5.69 Å². The second-order valence-electron chi connectivity index (χ2n) is 6.38. The normalized spacial score (nSPS) is 10.4. The molecule has 0 saturated heterocycles. The first-order chi connectivity index (χ1) is 13.0. The first kappa shape index (κ1) is 20.4. The number of benzene rings is 1. The van der Waals surface area contributed by atoms with Gasteiger partial charge in [-0.1, -0.05) is 19.9 Å². The van der Waals surface area contributed by atoms with Crippen LogP contribution in [-0.2, 0) is 0 Å². The van der Waals surface area contributed by atoms with Gasteiger partial charge in [-0.05, 0) is 49.6 Å². The average Bonchev–Trinajstić information content (AvgIpc) is 2.67.